The maximum absolute atomic E-state index is 11.6. The molecule has 2 amide bonds. The second-order valence-corrected chi connectivity index (χ2v) is 9.11. The number of cyclic esters (lactones) is 1. The fraction of sp³-hybridized carbons (Fsp3) is 0.423. The lowest BCUT2D eigenvalue weighted by molar-refractivity contribution is 0.0849. The zero-order valence-electron chi connectivity index (χ0n) is 19.7. The number of nitrogens with zero attached hydrogens (tertiary/aromatic N) is 3. The second-order valence-electron chi connectivity index (χ2n) is 9.11. The first-order valence-electron chi connectivity index (χ1n) is 11.5. The molecule has 1 aliphatic carbocycles. The summed E-state index contributed by atoms with van der Waals surface area (Å²) in [6.07, 6.45) is 7.83. The number of ether oxygens (including phenoxy) is 1. The summed E-state index contributed by atoms with van der Waals surface area (Å²) in [5, 5.41) is 4.97. The molecule has 2 heterocycles. The van der Waals surface area contributed by atoms with Gasteiger partial charge in [-0.05, 0) is 38.8 Å². The molecule has 1 aliphatic heterocycles. The Morgan fingerprint density at radius 1 is 1.03 bits per heavy atom. The Bertz CT molecular complexity index is 1030. The van der Waals surface area contributed by atoms with Gasteiger partial charge in [0, 0.05) is 24.7 Å². The number of aromatic nitrogens is 2. The number of hydrogen-bond acceptors (Lipinski definition) is 4. The molecule has 0 spiro atoms. The van der Waals surface area contributed by atoms with Crippen molar-refractivity contribution in [2.75, 3.05) is 6.54 Å². The van der Waals surface area contributed by atoms with Gasteiger partial charge >= 0.3 is 6.09 Å². The number of amides is 2. The van der Waals surface area contributed by atoms with E-state index in [1.165, 1.54) is 19.3 Å². The lowest BCUT2D eigenvalue weighted by Gasteiger charge is -2.29. The number of fused-ring (bicyclic) bond motifs is 1. The normalized spacial score (nSPS) is 17.4. The van der Waals surface area contributed by atoms with E-state index in [1.54, 1.807) is 23.0 Å². The summed E-state index contributed by atoms with van der Waals surface area (Å²) < 4.78 is 6.97. The third-order valence-corrected chi connectivity index (χ3v) is 5.76. The van der Waals surface area contributed by atoms with Crippen LogP contribution in [-0.4, -0.2) is 44.9 Å². The molecule has 176 valence electrons. The molecule has 0 atom stereocenters. The van der Waals surface area contributed by atoms with Crippen LogP contribution in [0.2, 0.25) is 0 Å². The van der Waals surface area contributed by atoms with Gasteiger partial charge in [0.15, 0.2) is 0 Å². The quantitative estimate of drug-likeness (QED) is 0.601. The summed E-state index contributed by atoms with van der Waals surface area (Å²) in [5.41, 5.74) is 6.24. The van der Waals surface area contributed by atoms with Gasteiger partial charge in [0.25, 0.3) is 0 Å². The Morgan fingerprint density at radius 2 is 1.64 bits per heavy atom. The summed E-state index contributed by atoms with van der Waals surface area (Å²) >= 11 is 0. The van der Waals surface area contributed by atoms with Crippen molar-refractivity contribution >= 4 is 22.9 Å². The molecule has 2 N–H and O–H groups in total. The molecule has 7 heteroatoms. The molecule has 2 fully saturated rings. The van der Waals surface area contributed by atoms with E-state index in [-0.39, 0.29) is 11.7 Å². The number of benzene rings is 2. The predicted octanol–water partition coefficient (Wildman–Crippen LogP) is 4.91. The van der Waals surface area contributed by atoms with Crippen LogP contribution in [0.15, 0.2) is 60.8 Å². The van der Waals surface area contributed by atoms with Crippen LogP contribution < -0.4 is 5.73 Å². The van der Waals surface area contributed by atoms with Gasteiger partial charge in [-0.3, -0.25) is 9.48 Å². The van der Waals surface area contributed by atoms with Crippen LogP contribution in [0, 0.1) is 0 Å². The van der Waals surface area contributed by atoms with Crippen LogP contribution in [0.4, 0.5) is 4.79 Å². The van der Waals surface area contributed by atoms with E-state index in [0.29, 0.717) is 11.6 Å². The first-order chi connectivity index (χ1) is 15.8. The zero-order chi connectivity index (χ0) is 23.8. The highest BCUT2D eigenvalue weighted by Crippen LogP contribution is 2.30. The predicted molar refractivity (Wildman–Crippen MR) is 130 cm³/mol. The van der Waals surface area contributed by atoms with Crippen LogP contribution >= 0.6 is 0 Å². The molecule has 5 rings (SSSR count). The van der Waals surface area contributed by atoms with Gasteiger partial charge in [0.2, 0.25) is 5.91 Å². The first-order valence-corrected chi connectivity index (χ1v) is 11.5. The number of rotatable bonds is 2. The Hall–Kier alpha value is -3.35. The molecule has 33 heavy (non-hydrogen) atoms. The van der Waals surface area contributed by atoms with Crippen LogP contribution in [0.5, 0.6) is 0 Å². The van der Waals surface area contributed by atoms with Gasteiger partial charge in [-0.15, -0.1) is 0 Å². The van der Waals surface area contributed by atoms with E-state index < -0.39 is 5.91 Å². The highest BCUT2D eigenvalue weighted by Gasteiger charge is 2.41. The third kappa shape index (κ3) is 6.81. The van der Waals surface area contributed by atoms with Crippen molar-refractivity contribution in [1.82, 2.24) is 14.7 Å². The lowest BCUT2D eigenvalue weighted by atomic mass is 9.94. The number of primary amides is 1. The molecule has 2 aliphatic rings. The molecule has 1 aromatic heterocycles. The molecule has 0 bridgehead atoms. The minimum Gasteiger partial charge on any atom is -0.441 e. The number of hydrogen-bond donors (Lipinski definition) is 1. The largest absolute Gasteiger partial charge is 0.441 e. The van der Waals surface area contributed by atoms with Crippen LogP contribution in [-0.2, 0) is 11.8 Å². The molecule has 7 nitrogen and oxygen atoms in total. The molecule has 3 aromatic rings. The van der Waals surface area contributed by atoms with Gasteiger partial charge in [-0.1, -0.05) is 61.7 Å². The average molecular weight is 451 g/mol. The Kier molecular flexibility index (Phi) is 8.09. The first kappa shape index (κ1) is 24.3. The molecule has 1 saturated heterocycles. The topological polar surface area (TPSA) is 90.5 Å². The Balaban J connectivity index is 0.000000150. The zero-order valence-corrected chi connectivity index (χ0v) is 19.7. The Morgan fingerprint density at radius 3 is 2.15 bits per heavy atom. The highest BCUT2D eigenvalue weighted by atomic mass is 16.6. The van der Waals surface area contributed by atoms with E-state index in [9.17, 15) is 9.59 Å². The number of carbonyl (C=O) groups excluding carboxylic acids is 2. The van der Waals surface area contributed by atoms with Gasteiger partial charge in [0.05, 0.1) is 17.6 Å². The number of aryl methyl sites for hydroxylation is 1. The average Bonchev–Trinajstić information content (AvgIpc) is 3.33. The van der Waals surface area contributed by atoms with Crippen molar-refractivity contribution in [1.29, 1.82) is 0 Å². The smallest absolute Gasteiger partial charge is 0.410 e. The van der Waals surface area contributed by atoms with Crippen molar-refractivity contribution in [3.8, 4) is 0 Å². The molecule has 2 aromatic carbocycles. The Labute approximate surface area is 195 Å². The molecule has 1 saturated carbocycles. The van der Waals surface area contributed by atoms with E-state index >= 15 is 0 Å². The van der Waals surface area contributed by atoms with Crippen molar-refractivity contribution in [2.45, 2.75) is 57.6 Å². The fourth-order valence-electron chi connectivity index (χ4n) is 4.23. The van der Waals surface area contributed by atoms with Crippen molar-refractivity contribution in [3.05, 3.63) is 66.4 Å². The van der Waals surface area contributed by atoms with Crippen molar-refractivity contribution in [3.63, 3.8) is 0 Å². The summed E-state index contributed by atoms with van der Waals surface area (Å²) in [6.45, 7) is 4.72. The lowest BCUT2D eigenvalue weighted by Crippen LogP contribution is -2.38. The van der Waals surface area contributed by atoms with Crippen LogP contribution in [0.1, 0.15) is 56.3 Å². The van der Waals surface area contributed by atoms with Gasteiger partial charge in [-0.2, -0.15) is 5.10 Å². The summed E-state index contributed by atoms with van der Waals surface area (Å²) in [5.74, 6) is -0.418. The van der Waals surface area contributed by atoms with E-state index in [1.807, 2.05) is 68.3 Å². The molecule has 0 unspecified atom stereocenters. The molecular formula is C26H34N4O3. The van der Waals surface area contributed by atoms with E-state index in [2.05, 4.69) is 5.10 Å². The number of nitrogens with two attached hydrogens (primary N) is 1. The van der Waals surface area contributed by atoms with Crippen LogP contribution in [0.25, 0.3) is 10.9 Å². The van der Waals surface area contributed by atoms with E-state index in [0.717, 1.165) is 30.3 Å². The molecular weight excluding hydrogens is 416 g/mol. The summed E-state index contributed by atoms with van der Waals surface area (Å²) in [7, 11) is 1.81. The maximum atomic E-state index is 11.6. The number of carbonyl (C=O) groups is 2. The fourth-order valence-corrected chi connectivity index (χ4v) is 4.23. The summed E-state index contributed by atoms with van der Waals surface area (Å²) in [4.78, 5) is 24.5. The van der Waals surface area contributed by atoms with Crippen LogP contribution in [0.3, 0.4) is 0 Å². The minimum atomic E-state index is -0.418. The highest BCUT2D eigenvalue weighted by molar-refractivity contribution is 6.05. The second kappa shape index (κ2) is 11.0. The van der Waals surface area contributed by atoms with Gasteiger partial charge < -0.3 is 15.4 Å². The summed E-state index contributed by atoms with van der Waals surface area (Å²) in [6, 6.07) is 17.8. The van der Waals surface area contributed by atoms with Gasteiger partial charge in [-0.25, -0.2) is 4.79 Å². The van der Waals surface area contributed by atoms with E-state index in [4.69, 9.17) is 10.5 Å². The minimum absolute atomic E-state index is 0.109. The third-order valence-electron chi connectivity index (χ3n) is 5.76. The van der Waals surface area contributed by atoms with Crippen molar-refractivity contribution in [2.24, 2.45) is 12.8 Å². The molecule has 0 radical (unpaired) electrons. The SMILES string of the molecule is CC1(C)CN(C2CCCCC2)C(=O)O1.Cn1cc2c(C(N)=O)cccc2n1.c1ccccc1. The van der Waals surface area contributed by atoms with Gasteiger partial charge in [0.1, 0.15) is 5.60 Å². The standard InChI is InChI=1S/C11H19NO2.C9H9N3O.C6H6/c1-11(2)8-12(10(13)14-11)9-6-4-3-5-7-9;1-12-5-7-6(9(10)13)3-2-4-8(7)11-12;1-2-4-6-5-3-1/h9H,3-8H2,1-2H3;2-5H,1H3,(H2,10,13);1-6H. The maximum Gasteiger partial charge on any atom is 0.410 e. The monoisotopic (exact) mass is 450 g/mol. The van der Waals surface area contributed by atoms with Crippen molar-refractivity contribution < 1.29 is 14.3 Å².